The molecule has 1 N–H and O–H groups in total. The lowest BCUT2D eigenvalue weighted by molar-refractivity contribution is 0.392. The maximum absolute atomic E-state index is 5.52. The fraction of sp³-hybridized carbons (Fsp3) is 0.368. The van der Waals surface area contributed by atoms with Crippen LogP contribution < -0.4 is 19.5 Å². The van der Waals surface area contributed by atoms with E-state index in [2.05, 4.69) is 47.0 Å². The molecule has 5 heteroatoms. The second-order valence-corrected chi connectivity index (χ2v) is 6.76. The summed E-state index contributed by atoms with van der Waals surface area (Å²) in [5.41, 5.74) is 2.29. The van der Waals surface area contributed by atoms with Crippen molar-refractivity contribution in [1.29, 1.82) is 0 Å². The molecule has 0 aliphatic rings. The van der Waals surface area contributed by atoms with Crippen molar-refractivity contribution in [1.82, 2.24) is 5.32 Å². The van der Waals surface area contributed by atoms with Crippen LogP contribution in [0.2, 0.25) is 0 Å². The van der Waals surface area contributed by atoms with Crippen molar-refractivity contribution in [2.24, 2.45) is 0 Å². The van der Waals surface area contributed by atoms with Crippen LogP contribution in [0.5, 0.6) is 17.2 Å². The van der Waals surface area contributed by atoms with Crippen LogP contribution >= 0.6 is 22.6 Å². The Kier molecular flexibility index (Phi) is 7.17. The van der Waals surface area contributed by atoms with Gasteiger partial charge < -0.3 is 19.5 Å². The molecule has 0 aliphatic heterocycles. The number of halogens is 1. The van der Waals surface area contributed by atoms with Gasteiger partial charge in [-0.25, -0.2) is 0 Å². The summed E-state index contributed by atoms with van der Waals surface area (Å²) in [5.74, 6) is 2.68. The van der Waals surface area contributed by atoms with Gasteiger partial charge in [0.2, 0.25) is 0 Å². The molecule has 0 saturated heterocycles. The topological polar surface area (TPSA) is 39.7 Å². The minimum absolute atomic E-state index is 0.286. The van der Waals surface area contributed by atoms with E-state index in [1.54, 1.807) is 21.3 Å². The fourth-order valence-electron chi connectivity index (χ4n) is 2.62. The van der Waals surface area contributed by atoms with Gasteiger partial charge in [-0.05, 0) is 59.7 Å². The normalized spacial score (nSPS) is 11.9. The van der Waals surface area contributed by atoms with E-state index in [-0.39, 0.29) is 6.04 Å². The highest BCUT2D eigenvalue weighted by Gasteiger charge is 2.13. The van der Waals surface area contributed by atoms with Gasteiger partial charge in [-0.3, -0.25) is 0 Å². The van der Waals surface area contributed by atoms with E-state index in [0.717, 1.165) is 44.9 Å². The van der Waals surface area contributed by atoms with Crippen molar-refractivity contribution in [2.45, 2.75) is 25.9 Å². The molecule has 0 spiro atoms. The highest BCUT2D eigenvalue weighted by Crippen LogP contribution is 2.30. The summed E-state index contributed by atoms with van der Waals surface area (Å²) in [6.07, 6.45) is 0.853. The highest BCUT2D eigenvalue weighted by molar-refractivity contribution is 14.1. The van der Waals surface area contributed by atoms with Gasteiger partial charge in [0.1, 0.15) is 17.2 Å². The molecule has 24 heavy (non-hydrogen) atoms. The third-order valence-electron chi connectivity index (χ3n) is 3.91. The van der Waals surface area contributed by atoms with E-state index in [9.17, 15) is 0 Å². The summed E-state index contributed by atoms with van der Waals surface area (Å²) in [4.78, 5) is 0. The van der Waals surface area contributed by atoms with Gasteiger partial charge in [-0.2, -0.15) is 0 Å². The van der Waals surface area contributed by atoms with Crippen LogP contribution in [0.1, 0.15) is 18.1 Å². The molecule has 4 nitrogen and oxygen atoms in total. The lowest BCUT2D eigenvalue weighted by Gasteiger charge is -2.18. The number of nitrogens with one attached hydrogen (secondary N) is 1. The predicted molar refractivity (Wildman–Crippen MR) is 105 cm³/mol. The molecule has 2 aromatic carbocycles. The van der Waals surface area contributed by atoms with Gasteiger partial charge in [-0.1, -0.05) is 18.2 Å². The lowest BCUT2D eigenvalue weighted by atomic mass is 10.0. The molecule has 0 saturated carbocycles. The summed E-state index contributed by atoms with van der Waals surface area (Å²) in [7, 11) is 5.09. The molecule has 0 amide bonds. The lowest BCUT2D eigenvalue weighted by Crippen LogP contribution is -2.28. The second kappa shape index (κ2) is 9.13. The maximum atomic E-state index is 5.52. The molecule has 2 rings (SSSR count). The van der Waals surface area contributed by atoms with E-state index in [1.807, 2.05) is 24.3 Å². The van der Waals surface area contributed by atoms with Crippen molar-refractivity contribution in [3.63, 3.8) is 0 Å². The number of hydrogen-bond acceptors (Lipinski definition) is 4. The molecule has 0 unspecified atom stereocenters. The second-order valence-electron chi connectivity index (χ2n) is 5.60. The van der Waals surface area contributed by atoms with E-state index in [0.29, 0.717) is 0 Å². The Morgan fingerprint density at radius 2 is 1.58 bits per heavy atom. The molecule has 2 aromatic rings. The van der Waals surface area contributed by atoms with Crippen LogP contribution in [0, 0.1) is 3.57 Å². The molecule has 0 radical (unpaired) electrons. The van der Waals surface area contributed by atoms with Crippen LogP contribution in [0.4, 0.5) is 0 Å². The minimum Gasteiger partial charge on any atom is -0.496 e. The van der Waals surface area contributed by atoms with Crippen molar-refractivity contribution < 1.29 is 14.2 Å². The smallest absolute Gasteiger partial charge is 0.132 e. The van der Waals surface area contributed by atoms with E-state index >= 15 is 0 Å². The average molecular weight is 441 g/mol. The summed E-state index contributed by atoms with van der Waals surface area (Å²) >= 11 is 2.26. The third-order valence-corrected chi connectivity index (χ3v) is 4.76. The first kappa shape index (κ1) is 18.9. The molecule has 130 valence electrons. The molecule has 0 bridgehead atoms. The molecule has 0 aromatic heterocycles. The standard InChI is InChI=1S/C19H24INO3/c1-13(21-12-14-7-5-6-8-17(14)22-2)9-15-10-19(24-4)16(20)11-18(15)23-3/h5-8,10-11,13,21H,9,12H2,1-4H3/t13-/m1/s1. The predicted octanol–water partition coefficient (Wildman–Crippen LogP) is 4.04. The Hall–Kier alpha value is -1.47. The van der Waals surface area contributed by atoms with Gasteiger partial charge in [0.15, 0.2) is 0 Å². The Bertz CT molecular complexity index is 676. The number of rotatable bonds is 8. The molecule has 0 heterocycles. The summed E-state index contributed by atoms with van der Waals surface area (Å²) in [6.45, 7) is 2.92. The van der Waals surface area contributed by atoms with Gasteiger partial charge >= 0.3 is 0 Å². The SMILES string of the molecule is COc1cc(C[C@@H](C)NCc2ccccc2OC)c(OC)cc1I. The minimum atomic E-state index is 0.286. The molecule has 1 atom stereocenters. The number of methoxy groups -OCH3 is 3. The van der Waals surface area contributed by atoms with Crippen LogP contribution in [0.15, 0.2) is 36.4 Å². The van der Waals surface area contributed by atoms with E-state index in [1.165, 1.54) is 0 Å². The average Bonchev–Trinajstić information content (AvgIpc) is 2.61. The summed E-state index contributed by atoms with van der Waals surface area (Å²) < 4.78 is 17.4. The maximum Gasteiger partial charge on any atom is 0.132 e. The Morgan fingerprint density at radius 3 is 2.25 bits per heavy atom. The van der Waals surface area contributed by atoms with Gasteiger partial charge in [0.25, 0.3) is 0 Å². The number of para-hydroxylation sites is 1. The van der Waals surface area contributed by atoms with Gasteiger partial charge in [-0.15, -0.1) is 0 Å². The largest absolute Gasteiger partial charge is 0.496 e. The van der Waals surface area contributed by atoms with Gasteiger partial charge in [0, 0.05) is 18.2 Å². The van der Waals surface area contributed by atoms with Crippen molar-refractivity contribution in [3.05, 3.63) is 51.1 Å². The summed E-state index contributed by atoms with van der Waals surface area (Å²) in [6, 6.07) is 12.4. The highest BCUT2D eigenvalue weighted by atomic mass is 127. The van der Waals surface area contributed by atoms with Crippen molar-refractivity contribution >= 4 is 22.6 Å². The zero-order valence-electron chi connectivity index (χ0n) is 14.6. The zero-order valence-corrected chi connectivity index (χ0v) is 16.7. The monoisotopic (exact) mass is 441 g/mol. The summed E-state index contributed by atoms with van der Waals surface area (Å²) in [5, 5.41) is 3.55. The third kappa shape index (κ3) is 4.77. The number of hydrogen-bond donors (Lipinski definition) is 1. The Morgan fingerprint density at radius 1 is 0.917 bits per heavy atom. The van der Waals surface area contributed by atoms with Crippen LogP contribution in [0.25, 0.3) is 0 Å². The zero-order chi connectivity index (χ0) is 17.5. The van der Waals surface area contributed by atoms with E-state index < -0.39 is 0 Å². The van der Waals surface area contributed by atoms with Crippen molar-refractivity contribution in [2.75, 3.05) is 21.3 Å². The van der Waals surface area contributed by atoms with E-state index in [4.69, 9.17) is 14.2 Å². The molecule has 0 fully saturated rings. The first-order chi connectivity index (χ1) is 11.6. The quantitative estimate of drug-likeness (QED) is 0.628. The van der Waals surface area contributed by atoms with Crippen LogP contribution in [0.3, 0.4) is 0 Å². The molecular formula is C19H24INO3. The number of benzene rings is 2. The first-order valence-electron chi connectivity index (χ1n) is 7.84. The number of ether oxygens (including phenoxy) is 3. The molecular weight excluding hydrogens is 417 g/mol. The Labute approximate surface area is 157 Å². The van der Waals surface area contributed by atoms with Crippen LogP contribution in [-0.4, -0.2) is 27.4 Å². The van der Waals surface area contributed by atoms with Crippen molar-refractivity contribution in [3.8, 4) is 17.2 Å². The van der Waals surface area contributed by atoms with Gasteiger partial charge in [0.05, 0.1) is 24.9 Å². The van der Waals surface area contributed by atoms with Crippen LogP contribution in [-0.2, 0) is 13.0 Å². The first-order valence-corrected chi connectivity index (χ1v) is 8.92. The Balaban J connectivity index is 2.05. The fourth-order valence-corrected chi connectivity index (χ4v) is 3.28. The molecule has 0 aliphatic carbocycles.